The van der Waals surface area contributed by atoms with Crippen molar-refractivity contribution in [3.63, 3.8) is 0 Å². The summed E-state index contributed by atoms with van der Waals surface area (Å²) >= 11 is 0. The molecule has 2 N–H and O–H groups in total. The first-order valence-corrected chi connectivity index (χ1v) is 8.28. The van der Waals surface area contributed by atoms with E-state index in [9.17, 15) is 4.79 Å². The first-order chi connectivity index (χ1) is 9.27. The molecule has 1 aliphatic carbocycles. The van der Waals surface area contributed by atoms with Gasteiger partial charge in [0, 0.05) is 12.0 Å². The van der Waals surface area contributed by atoms with E-state index in [1.807, 2.05) is 0 Å². The summed E-state index contributed by atoms with van der Waals surface area (Å²) in [5.74, 6) is 1.27. The normalized spacial score (nSPS) is 25.3. The van der Waals surface area contributed by atoms with Crippen molar-refractivity contribution in [2.24, 2.45) is 11.8 Å². The van der Waals surface area contributed by atoms with Crippen molar-refractivity contribution in [3.8, 4) is 0 Å². The van der Waals surface area contributed by atoms with E-state index in [4.69, 9.17) is 0 Å². The van der Waals surface area contributed by atoms with Crippen molar-refractivity contribution >= 4 is 5.91 Å². The fraction of sp³-hybridized carbons (Fsp3) is 0.938. The highest BCUT2D eigenvalue weighted by atomic mass is 16.1. The van der Waals surface area contributed by atoms with E-state index in [0.717, 1.165) is 25.9 Å². The first kappa shape index (κ1) is 14.8. The number of carbonyl (C=O) groups is 1. The fourth-order valence-corrected chi connectivity index (χ4v) is 3.52. The van der Waals surface area contributed by atoms with E-state index in [1.165, 1.54) is 44.9 Å². The van der Waals surface area contributed by atoms with E-state index in [2.05, 4.69) is 17.6 Å². The van der Waals surface area contributed by atoms with Crippen LogP contribution in [0.4, 0.5) is 0 Å². The lowest BCUT2D eigenvalue weighted by atomic mass is 9.88. The van der Waals surface area contributed by atoms with Crippen LogP contribution >= 0.6 is 0 Å². The van der Waals surface area contributed by atoms with E-state index in [-0.39, 0.29) is 5.92 Å². The van der Waals surface area contributed by atoms with E-state index in [0.29, 0.717) is 17.9 Å². The molecule has 19 heavy (non-hydrogen) atoms. The van der Waals surface area contributed by atoms with Crippen molar-refractivity contribution in [1.29, 1.82) is 0 Å². The van der Waals surface area contributed by atoms with Gasteiger partial charge in [-0.05, 0) is 51.6 Å². The van der Waals surface area contributed by atoms with Gasteiger partial charge in [-0.1, -0.05) is 32.1 Å². The standard InChI is InChI=1S/C16H30N2O/c1-13(14-9-11-17-12-10-14)18-16(19)15-7-5-3-2-4-6-8-15/h13-15,17H,2-12H2,1H3,(H,18,19). The van der Waals surface area contributed by atoms with Gasteiger partial charge in [0.2, 0.25) is 5.91 Å². The molecule has 0 spiro atoms. The number of rotatable bonds is 3. The molecule has 1 heterocycles. The number of piperidine rings is 1. The lowest BCUT2D eigenvalue weighted by molar-refractivity contribution is -0.126. The highest BCUT2D eigenvalue weighted by molar-refractivity contribution is 5.78. The quantitative estimate of drug-likeness (QED) is 0.824. The monoisotopic (exact) mass is 266 g/mol. The van der Waals surface area contributed by atoms with Gasteiger partial charge < -0.3 is 10.6 Å². The number of amides is 1. The Morgan fingerprint density at radius 1 is 1.00 bits per heavy atom. The Hall–Kier alpha value is -0.570. The number of hydrogen-bond donors (Lipinski definition) is 2. The summed E-state index contributed by atoms with van der Waals surface area (Å²) in [7, 11) is 0. The maximum atomic E-state index is 12.4. The van der Waals surface area contributed by atoms with Gasteiger partial charge in [0.25, 0.3) is 0 Å². The summed E-state index contributed by atoms with van der Waals surface area (Å²) in [6, 6.07) is 0.347. The molecule has 3 nitrogen and oxygen atoms in total. The molecule has 0 aromatic heterocycles. The second-order valence-corrected chi connectivity index (χ2v) is 6.43. The van der Waals surface area contributed by atoms with Crippen molar-refractivity contribution in [2.75, 3.05) is 13.1 Å². The van der Waals surface area contributed by atoms with Crippen LogP contribution in [0.1, 0.15) is 64.7 Å². The molecular weight excluding hydrogens is 236 g/mol. The lowest BCUT2D eigenvalue weighted by Crippen LogP contribution is -2.44. The molecule has 0 bridgehead atoms. The number of carbonyl (C=O) groups excluding carboxylic acids is 1. The minimum atomic E-state index is 0.282. The molecule has 2 fully saturated rings. The summed E-state index contributed by atoms with van der Waals surface area (Å²) < 4.78 is 0. The van der Waals surface area contributed by atoms with Gasteiger partial charge in [-0.25, -0.2) is 0 Å². The molecule has 1 amide bonds. The van der Waals surface area contributed by atoms with Crippen LogP contribution in [0.3, 0.4) is 0 Å². The minimum Gasteiger partial charge on any atom is -0.353 e. The maximum Gasteiger partial charge on any atom is 0.223 e. The topological polar surface area (TPSA) is 41.1 Å². The van der Waals surface area contributed by atoms with Crippen LogP contribution in [-0.4, -0.2) is 25.0 Å². The number of nitrogens with one attached hydrogen (secondary N) is 2. The van der Waals surface area contributed by atoms with Crippen LogP contribution in [0.15, 0.2) is 0 Å². The SMILES string of the molecule is CC(NC(=O)C1CCCCCCC1)C1CCNCC1. The van der Waals surface area contributed by atoms with Gasteiger partial charge in [0.15, 0.2) is 0 Å². The average molecular weight is 266 g/mol. The fourth-order valence-electron chi connectivity index (χ4n) is 3.52. The third-order valence-corrected chi connectivity index (χ3v) is 4.94. The summed E-state index contributed by atoms with van der Waals surface area (Å²) in [5.41, 5.74) is 0. The zero-order chi connectivity index (χ0) is 13.5. The summed E-state index contributed by atoms with van der Waals surface area (Å²) in [6.07, 6.45) is 11.1. The predicted octanol–water partition coefficient (Wildman–Crippen LogP) is 2.85. The van der Waals surface area contributed by atoms with Crippen LogP contribution in [0.5, 0.6) is 0 Å². The Kier molecular flexibility index (Phi) is 6.15. The summed E-state index contributed by atoms with van der Waals surface area (Å²) in [5, 5.41) is 6.69. The molecule has 0 aromatic carbocycles. The molecule has 1 unspecified atom stereocenters. The average Bonchev–Trinajstić information content (AvgIpc) is 2.39. The third-order valence-electron chi connectivity index (χ3n) is 4.94. The summed E-state index contributed by atoms with van der Waals surface area (Å²) in [4.78, 5) is 12.4. The van der Waals surface area contributed by atoms with Crippen molar-refractivity contribution in [3.05, 3.63) is 0 Å². The van der Waals surface area contributed by atoms with Crippen LogP contribution in [0.2, 0.25) is 0 Å². The van der Waals surface area contributed by atoms with Gasteiger partial charge in [-0.3, -0.25) is 4.79 Å². The third kappa shape index (κ3) is 4.79. The second-order valence-electron chi connectivity index (χ2n) is 6.43. The maximum absolute atomic E-state index is 12.4. The van der Waals surface area contributed by atoms with Gasteiger partial charge in [-0.2, -0.15) is 0 Å². The largest absolute Gasteiger partial charge is 0.353 e. The van der Waals surface area contributed by atoms with Crippen molar-refractivity contribution < 1.29 is 4.79 Å². The highest BCUT2D eigenvalue weighted by Crippen LogP contribution is 2.23. The molecule has 3 heteroatoms. The molecule has 1 atom stereocenters. The molecule has 1 saturated heterocycles. The van der Waals surface area contributed by atoms with Crippen LogP contribution in [0.25, 0.3) is 0 Å². The minimum absolute atomic E-state index is 0.282. The number of hydrogen-bond acceptors (Lipinski definition) is 2. The molecule has 110 valence electrons. The Morgan fingerprint density at radius 3 is 2.21 bits per heavy atom. The molecule has 2 rings (SSSR count). The summed E-state index contributed by atoms with van der Waals surface area (Å²) in [6.45, 7) is 4.40. The van der Waals surface area contributed by atoms with E-state index in [1.54, 1.807) is 0 Å². The Labute approximate surface area is 117 Å². The van der Waals surface area contributed by atoms with Crippen LogP contribution in [0, 0.1) is 11.8 Å². The van der Waals surface area contributed by atoms with Crippen molar-refractivity contribution in [2.45, 2.75) is 70.8 Å². The highest BCUT2D eigenvalue weighted by Gasteiger charge is 2.25. The Morgan fingerprint density at radius 2 is 1.58 bits per heavy atom. The smallest absolute Gasteiger partial charge is 0.223 e. The second kappa shape index (κ2) is 7.88. The van der Waals surface area contributed by atoms with E-state index < -0.39 is 0 Å². The predicted molar refractivity (Wildman–Crippen MR) is 79.0 cm³/mol. The van der Waals surface area contributed by atoms with Gasteiger partial charge in [0.1, 0.15) is 0 Å². The van der Waals surface area contributed by atoms with Crippen LogP contribution in [-0.2, 0) is 4.79 Å². The Bertz CT molecular complexity index is 266. The zero-order valence-corrected chi connectivity index (χ0v) is 12.4. The van der Waals surface area contributed by atoms with Crippen molar-refractivity contribution in [1.82, 2.24) is 10.6 Å². The molecule has 0 radical (unpaired) electrons. The van der Waals surface area contributed by atoms with Crippen LogP contribution < -0.4 is 10.6 Å². The van der Waals surface area contributed by atoms with Gasteiger partial charge in [0.05, 0.1) is 0 Å². The van der Waals surface area contributed by atoms with Gasteiger partial charge in [-0.15, -0.1) is 0 Å². The molecule has 1 aliphatic heterocycles. The molecular formula is C16H30N2O. The lowest BCUT2D eigenvalue weighted by Gasteiger charge is -2.30. The molecule has 0 aromatic rings. The molecule has 1 saturated carbocycles. The molecule has 2 aliphatic rings. The Balaban J connectivity index is 1.77. The zero-order valence-electron chi connectivity index (χ0n) is 12.4. The van der Waals surface area contributed by atoms with Gasteiger partial charge >= 0.3 is 0 Å². The van der Waals surface area contributed by atoms with E-state index >= 15 is 0 Å². The first-order valence-electron chi connectivity index (χ1n) is 8.28.